The zero-order chi connectivity index (χ0) is 21.9. The molecule has 2 aromatic rings. The molecule has 166 valence electrons. The zero-order valence-corrected chi connectivity index (χ0v) is 18.0. The average Bonchev–Trinajstić information content (AvgIpc) is 2.97. The van der Waals surface area contributed by atoms with Gasteiger partial charge in [-0.2, -0.15) is 0 Å². The number of rotatable bonds is 5. The van der Waals surface area contributed by atoms with Crippen molar-refractivity contribution in [1.82, 2.24) is 15.1 Å². The molecule has 1 N–H and O–H groups in total. The summed E-state index contributed by atoms with van der Waals surface area (Å²) in [6.45, 7) is 5.72. The molecule has 7 heteroatoms. The van der Waals surface area contributed by atoms with Crippen LogP contribution in [0.4, 0.5) is 4.39 Å². The molecule has 0 spiro atoms. The van der Waals surface area contributed by atoms with E-state index < -0.39 is 0 Å². The quantitative estimate of drug-likeness (QED) is 0.785. The molecule has 0 bridgehead atoms. The first-order valence-electron chi connectivity index (χ1n) is 11.2. The van der Waals surface area contributed by atoms with Crippen LogP contribution >= 0.6 is 0 Å². The van der Waals surface area contributed by atoms with Crippen molar-refractivity contribution < 1.29 is 13.9 Å². The number of nitrogens with one attached hydrogen (secondary N) is 1. The minimum absolute atomic E-state index is 0.0203. The molecule has 5 rings (SSSR count). The fourth-order valence-electron chi connectivity index (χ4n) is 4.66. The summed E-state index contributed by atoms with van der Waals surface area (Å²) in [5, 5.41) is 3.34. The normalized spacial score (nSPS) is 21.8. The predicted molar refractivity (Wildman–Crippen MR) is 121 cm³/mol. The Bertz CT molecular complexity index is 1030. The van der Waals surface area contributed by atoms with Gasteiger partial charge in [0.1, 0.15) is 11.5 Å². The van der Waals surface area contributed by atoms with E-state index in [1.54, 1.807) is 12.1 Å². The summed E-state index contributed by atoms with van der Waals surface area (Å²) in [6, 6.07) is 16.1. The molecule has 1 fully saturated rings. The van der Waals surface area contributed by atoms with Crippen LogP contribution in [0.5, 0.6) is 0 Å². The third kappa shape index (κ3) is 4.06. The number of hydrogen-bond acceptors (Lipinski definition) is 5. The van der Waals surface area contributed by atoms with E-state index in [0.29, 0.717) is 25.3 Å². The molecule has 6 nitrogen and oxygen atoms in total. The van der Waals surface area contributed by atoms with Gasteiger partial charge in [-0.1, -0.05) is 42.5 Å². The monoisotopic (exact) mass is 434 g/mol. The third-order valence-corrected chi connectivity index (χ3v) is 6.26. The van der Waals surface area contributed by atoms with Crippen LogP contribution < -0.4 is 5.32 Å². The summed E-state index contributed by atoms with van der Waals surface area (Å²) in [5.41, 5.74) is 4.20. The van der Waals surface area contributed by atoms with Gasteiger partial charge < -0.3 is 15.0 Å². The molecule has 1 amide bonds. The van der Waals surface area contributed by atoms with Gasteiger partial charge in [-0.05, 0) is 17.7 Å². The summed E-state index contributed by atoms with van der Waals surface area (Å²) in [4.78, 5) is 22.7. The Morgan fingerprint density at radius 2 is 1.78 bits per heavy atom. The Morgan fingerprint density at radius 3 is 2.53 bits per heavy atom. The molecule has 1 atom stereocenters. The van der Waals surface area contributed by atoms with Crippen LogP contribution in [-0.2, 0) is 9.53 Å². The highest BCUT2D eigenvalue weighted by atomic mass is 19.1. The van der Waals surface area contributed by atoms with Gasteiger partial charge in [-0.15, -0.1) is 0 Å². The summed E-state index contributed by atoms with van der Waals surface area (Å²) >= 11 is 0. The number of morpholine rings is 1. The number of ether oxygens (including phenoxy) is 1. The molecule has 1 saturated heterocycles. The van der Waals surface area contributed by atoms with Crippen molar-refractivity contribution in [3.63, 3.8) is 0 Å². The fraction of sp³-hybridized carbons (Fsp3) is 0.360. The number of benzene rings is 2. The maximum atomic E-state index is 13.7. The Kier molecular flexibility index (Phi) is 6.01. The number of carbonyl (C=O) groups excluding carboxylic acids is 1. The minimum atomic E-state index is -0.316. The van der Waals surface area contributed by atoms with Gasteiger partial charge in [0.2, 0.25) is 0 Å². The minimum Gasteiger partial charge on any atom is -0.379 e. The first-order valence-corrected chi connectivity index (χ1v) is 11.2. The smallest absolute Gasteiger partial charge is 0.271 e. The van der Waals surface area contributed by atoms with Crippen LogP contribution in [0, 0.1) is 5.82 Å². The van der Waals surface area contributed by atoms with E-state index in [0.717, 1.165) is 55.3 Å². The van der Waals surface area contributed by atoms with Gasteiger partial charge in [-0.3, -0.25) is 14.7 Å². The molecule has 0 unspecified atom stereocenters. The number of aliphatic imine (C=N–C) groups is 1. The highest BCUT2D eigenvalue weighted by Gasteiger charge is 2.43. The van der Waals surface area contributed by atoms with Gasteiger partial charge in [0, 0.05) is 43.9 Å². The zero-order valence-electron chi connectivity index (χ0n) is 18.0. The number of carbonyl (C=O) groups is 1. The van der Waals surface area contributed by atoms with E-state index in [-0.39, 0.29) is 17.8 Å². The molecule has 0 aliphatic carbocycles. The Morgan fingerprint density at radius 1 is 1.03 bits per heavy atom. The molecule has 3 aliphatic rings. The largest absolute Gasteiger partial charge is 0.379 e. The van der Waals surface area contributed by atoms with Crippen molar-refractivity contribution in [3.8, 4) is 0 Å². The van der Waals surface area contributed by atoms with Crippen molar-refractivity contribution in [1.29, 1.82) is 0 Å². The molecular formula is C25H27FN4O2. The second-order valence-corrected chi connectivity index (χ2v) is 8.22. The van der Waals surface area contributed by atoms with E-state index in [9.17, 15) is 9.18 Å². The first-order chi connectivity index (χ1) is 15.7. The van der Waals surface area contributed by atoms with Crippen LogP contribution in [0.3, 0.4) is 0 Å². The number of amides is 1. The van der Waals surface area contributed by atoms with Gasteiger partial charge in [-0.25, -0.2) is 4.39 Å². The standard InChI is InChI=1S/C25H27FN4O2/c26-20-8-6-19(7-9-20)24-21-22(18-4-2-1-3-5-18)27-10-11-28-23(21)25(31)30(24)13-12-29-14-16-32-17-15-29/h1-9,24,28H,10-17H2/t24-/m1/s1. The van der Waals surface area contributed by atoms with Crippen LogP contribution in [0.1, 0.15) is 17.2 Å². The van der Waals surface area contributed by atoms with Crippen molar-refractivity contribution in [3.05, 3.63) is 82.8 Å². The third-order valence-electron chi connectivity index (χ3n) is 6.26. The van der Waals surface area contributed by atoms with E-state index in [2.05, 4.69) is 10.2 Å². The van der Waals surface area contributed by atoms with Crippen molar-refractivity contribution in [2.75, 3.05) is 52.5 Å². The second kappa shape index (κ2) is 9.22. The van der Waals surface area contributed by atoms with Crippen LogP contribution in [0.2, 0.25) is 0 Å². The maximum absolute atomic E-state index is 13.7. The molecule has 3 aliphatic heterocycles. The Hall–Kier alpha value is -3.03. The second-order valence-electron chi connectivity index (χ2n) is 8.22. The van der Waals surface area contributed by atoms with Crippen LogP contribution in [-0.4, -0.2) is 73.9 Å². The van der Waals surface area contributed by atoms with E-state index >= 15 is 0 Å². The lowest BCUT2D eigenvalue weighted by atomic mass is 9.91. The molecule has 32 heavy (non-hydrogen) atoms. The molecular weight excluding hydrogens is 407 g/mol. The molecule has 3 heterocycles. The van der Waals surface area contributed by atoms with Crippen molar-refractivity contribution in [2.45, 2.75) is 6.04 Å². The van der Waals surface area contributed by atoms with Crippen LogP contribution in [0.25, 0.3) is 0 Å². The topological polar surface area (TPSA) is 57.2 Å². The van der Waals surface area contributed by atoms with Gasteiger partial charge in [0.05, 0.1) is 31.5 Å². The molecule has 0 saturated carbocycles. The summed E-state index contributed by atoms with van der Waals surface area (Å²) in [6.07, 6.45) is 0. The molecule has 0 aromatic heterocycles. The van der Waals surface area contributed by atoms with E-state index in [1.807, 2.05) is 35.2 Å². The SMILES string of the molecule is O=C1C2=C(C(c3ccccc3)=NCCN2)[C@@H](c2ccc(F)cc2)N1CCN1CCOCC1. The summed E-state index contributed by atoms with van der Waals surface area (Å²) in [7, 11) is 0. The van der Waals surface area contributed by atoms with Crippen molar-refractivity contribution in [2.24, 2.45) is 4.99 Å². The molecule has 2 aromatic carbocycles. The summed E-state index contributed by atoms with van der Waals surface area (Å²) in [5.74, 6) is -0.309. The van der Waals surface area contributed by atoms with E-state index in [4.69, 9.17) is 9.73 Å². The van der Waals surface area contributed by atoms with Gasteiger partial charge >= 0.3 is 0 Å². The average molecular weight is 435 g/mol. The summed E-state index contributed by atoms with van der Waals surface area (Å²) < 4.78 is 19.2. The fourth-order valence-corrected chi connectivity index (χ4v) is 4.66. The molecule has 0 radical (unpaired) electrons. The lowest BCUT2D eigenvalue weighted by Crippen LogP contribution is -2.43. The maximum Gasteiger partial charge on any atom is 0.271 e. The Labute approximate surface area is 187 Å². The van der Waals surface area contributed by atoms with Crippen molar-refractivity contribution >= 4 is 11.6 Å². The Balaban J connectivity index is 1.54. The first kappa shape index (κ1) is 20.8. The predicted octanol–water partition coefficient (Wildman–Crippen LogP) is 2.39. The van der Waals surface area contributed by atoms with Gasteiger partial charge in [0.25, 0.3) is 5.91 Å². The van der Waals surface area contributed by atoms with E-state index in [1.165, 1.54) is 12.1 Å². The van der Waals surface area contributed by atoms with Gasteiger partial charge in [0.15, 0.2) is 0 Å². The highest BCUT2D eigenvalue weighted by molar-refractivity contribution is 6.19. The number of halogens is 1. The number of nitrogens with zero attached hydrogens (tertiary/aromatic N) is 3. The highest BCUT2D eigenvalue weighted by Crippen LogP contribution is 2.39. The number of hydrogen-bond donors (Lipinski definition) is 1. The lowest BCUT2D eigenvalue weighted by molar-refractivity contribution is -0.127. The van der Waals surface area contributed by atoms with Crippen LogP contribution in [0.15, 0.2) is 70.9 Å². The lowest BCUT2D eigenvalue weighted by Gasteiger charge is -2.32.